The number of nitrogens with one attached hydrogen (secondary N) is 2. The van der Waals surface area contributed by atoms with Crippen molar-refractivity contribution in [3.8, 4) is 0 Å². The van der Waals surface area contributed by atoms with Gasteiger partial charge in [-0.1, -0.05) is 13.0 Å². The molecule has 90 valence electrons. The quantitative estimate of drug-likeness (QED) is 0.850. The van der Waals surface area contributed by atoms with E-state index in [1.54, 1.807) is 6.07 Å². The van der Waals surface area contributed by atoms with E-state index < -0.39 is 0 Å². The van der Waals surface area contributed by atoms with Gasteiger partial charge in [0.2, 0.25) is 0 Å². The maximum absolute atomic E-state index is 13.1. The van der Waals surface area contributed by atoms with E-state index in [9.17, 15) is 4.39 Å². The zero-order valence-electron chi connectivity index (χ0n) is 9.87. The average Bonchev–Trinajstić information content (AvgIpc) is 2.80. The molecular formula is C12H15FN4. The number of aromatic nitrogens is 3. The minimum absolute atomic E-state index is 0.0805. The van der Waals surface area contributed by atoms with Crippen molar-refractivity contribution in [2.24, 2.45) is 0 Å². The number of aromatic amines is 1. The van der Waals surface area contributed by atoms with Gasteiger partial charge in [0, 0.05) is 0 Å². The number of nitrogens with zero attached hydrogens (tertiary/aromatic N) is 2. The van der Waals surface area contributed by atoms with Gasteiger partial charge in [-0.25, -0.2) is 9.37 Å². The van der Waals surface area contributed by atoms with Crippen molar-refractivity contribution >= 4 is 0 Å². The summed E-state index contributed by atoms with van der Waals surface area (Å²) >= 11 is 0. The zero-order chi connectivity index (χ0) is 12.3. The second-order valence-corrected chi connectivity index (χ2v) is 3.86. The van der Waals surface area contributed by atoms with Gasteiger partial charge in [-0.3, -0.25) is 5.10 Å². The van der Waals surface area contributed by atoms with Gasteiger partial charge < -0.3 is 5.32 Å². The van der Waals surface area contributed by atoms with Crippen LogP contribution in [-0.2, 0) is 0 Å². The summed E-state index contributed by atoms with van der Waals surface area (Å²) in [6.07, 6.45) is 1.47. The van der Waals surface area contributed by atoms with E-state index in [-0.39, 0.29) is 11.9 Å². The van der Waals surface area contributed by atoms with Gasteiger partial charge in [-0.2, -0.15) is 5.10 Å². The van der Waals surface area contributed by atoms with Crippen LogP contribution in [0.5, 0.6) is 0 Å². The lowest BCUT2D eigenvalue weighted by Gasteiger charge is -2.17. The van der Waals surface area contributed by atoms with E-state index in [1.165, 1.54) is 18.5 Å². The maximum atomic E-state index is 13.1. The van der Waals surface area contributed by atoms with Gasteiger partial charge >= 0.3 is 0 Å². The first-order valence-corrected chi connectivity index (χ1v) is 5.57. The van der Waals surface area contributed by atoms with Crippen LogP contribution in [0.4, 0.5) is 4.39 Å². The lowest BCUT2D eigenvalue weighted by atomic mass is 10.0. The largest absolute Gasteiger partial charge is 0.304 e. The molecule has 0 fully saturated rings. The fourth-order valence-corrected chi connectivity index (χ4v) is 1.88. The maximum Gasteiger partial charge on any atom is 0.145 e. The Kier molecular flexibility index (Phi) is 3.49. The summed E-state index contributed by atoms with van der Waals surface area (Å²) in [7, 11) is 0. The van der Waals surface area contributed by atoms with Gasteiger partial charge in [0.15, 0.2) is 0 Å². The Morgan fingerprint density at radius 1 is 1.47 bits per heavy atom. The highest BCUT2D eigenvalue weighted by molar-refractivity contribution is 5.32. The van der Waals surface area contributed by atoms with Crippen molar-refractivity contribution in [1.29, 1.82) is 0 Å². The second-order valence-electron chi connectivity index (χ2n) is 3.86. The molecule has 1 unspecified atom stereocenters. The summed E-state index contributed by atoms with van der Waals surface area (Å²) in [6.45, 7) is 4.70. The van der Waals surface area contributed by atoms with Gasteiger partial charge in [0.05, 0.1) is 6.04 Å². The molecule has 4 nitrogen and oxygen atoms in total. The lowest BCUT2D eigenvalue weighted by Crippen LogP contribution is -2.24. The number of rotatable bonds is 4. The van der Waals surface area contributed by atoms with Crippen LogP contribution >= 0.6 is 0 Å². The highest BCUT2D eigenvalue weighted by Crippen LogP contribution is 2.22. The van der Waals surface area contributed by atoms with E-state index in [2.05, 4.69) is 20.5 Å². The summed E-state index contributed by atoms with van der Waals surface area (Å²) in [5.74, 6) is 0.514. The van der Waals surface area contributed by atoms with Gasteiger partial charge in [0.1, 0.15) is 18.0 Å². The molecule has 1 aromatic heterocycles. The van der Waals surface area contributed by atoms with Crippen LogP contribution in [0.3, 0.4) is 0 Å². The Hall–Kier alpha value is -1.75. The van der Waals surface area contributed by atoms with Crippen LogP contribution in [0, 0.1) is 12.7 Å². The monoisotopic (exact) mass is 234 g/mol. The molecule has 2 aromatic rings. The van der Waals surface area contributed by atoms with Crippen molar-refractivity contribution < 1.29 is 4.39 Å². The molecule has 5 heteroatoms. The third kappa shape index (κ3) is 2.50. The molecule has 1 atom stereocenters. The Balaban J connectivity index is 2.39. The first-order valence-electron chi connectivity index (χ1n) is 5.57. The lowest BCUT2D eigenvalue weighted by molar-refractivity contribution is 0.590. The molecule has 0 saturated heterocycles. The molecule has 0 saturated carbocycles. The number of H-pyrrole nitrogens is 1. The predicted octanol–water partition coefficient (Wildman–Crippen LogP) is 1.95. The zero-order valence-corrected chi connectivity index (χ0v) is 9.87. The van der Waals surface area contributed by atoms with Crippen LogP contribution in [0.2, 0.25) is 0 Å². The van der Waals surface area contributed by atoms with Crippen molar-refractivity contribution in [2.75, 3.05) is 6.54 Å². The first-order chi connectivity index (χ1) is 8.22. The topological polar surface area (TPSA) is 53.6 Å². The van der Waals surface area contributed by atoms with E-state index >= 15 is 0 Å². The molecule has 2 rings (SSSR count). The number of hydrogen-bond acceptors (Lipinski definition) is 3. The van der Waals surface area contributed by atoms with Gasteiger partial charge in [-0.15, -0.1) is 0 Å². The first kappa shape index (κ1) is 11.7. The molecule has 0 bridgehead atoms. The molecule has 1 aromatic carbocycles. The SMILES string of the molecule is CCNC(c1ncn[nH]1)c1ccc(F)cc1C. The molecular weight excluding hydrogens is 219 g/mol. The molecule has 1 heterocycles. The normalized spacial score (nSPS) is 12.6. The third-order valence-electron chi connectivity index (χ3n) is 2.66. The Labute approximate surface area is 99.3 Å². The molecule has 0 amide bonds. The van der Waals surface area contributed by atoms with Gasteiger partial charge in [0.25, 0.3) is 0 Å². The smallest absolute Gasteiger partial charge is 0.145 e. The number of halogens is 1. The molecule has 0 aliphatic rings. The minimum atomic E-state index is -0.223. The van der Waals surface area contributed by atoms with Crippen LogP contribution in [0.1, 0.15) is 29.9 Å². The van der Waals surface area contributed by atoms with Crippen molar-refractivity contribution in [3.63, 3.8) is 0 Å². The van der Waals surface area contributed by atoms with Crippen LogP contribution in [0.15, 0.2) is 24.5 Å². The van der Waals surface area contributed by atoms with Crippen LogP contribution < -0.4 is 5.32 Å². The van der Waals surface area contributed by atoms with Crippen molar-refractivity contribution in [3.05, 3.63) is 47.3 Å². The Morgan fingerprint density at radius 3 is 2.88 bits per heavy atom. The fourth-order valence-electron chi connectivity index (χ4n) is 1.88. The molecule has 0 radical (unpaired) electrons. The van der Waals surface area contributed by atoms with E-state index in [1.807, 2.05) is 13.8 Å². The average molecular weight is 234 g/mol. The summed E-state index contributed by atoms with van der Waals surface area (Å²) in [6, 6.07) is 4.68. The summed E-state index contributed by atoms with van der Waals surface area (Å²) in [4.78, 5) is 4.15. The summed E-state index contributed by atoms with van der Waals surface area (Å²) in [5.41, 5.74) is 1.90. The second kappa shape index (κ2) is 5.05. The Bertz CT molecular complexity index is 481. The van der Waals surface area contributed by atoms with Crippen molar-refractivity contribution in [2.45, 2.75) is 19.9 Å². The summed E-state index contributed by atoms with van der Waals surface area (Å²) < 4.78 is 13.1. The standard InChI is InChI=1S/C12H15FN4/c1-3-14-11(12-15-7-16-17-12)10-5-4-9(13)6-8(10)2/h4-7,11,14H,3H2,1-2H3,(H,15,16,17). The van der Waals surface area contributed by atoms with Gasteiger partial charge in [-0.05, 0) is 36.7 Å². The summed E-state index contributed by atoms with van der Waals surface area (Å²) in [5, 5.41) is 10.00. The fraction of sp³-hybridized carbons (Fsp3) is 0.333. The highest BCUT2D eigenvalue weighted by Gasteiger charge is 2.17. The number of hydrogen-bond donors (Lipinski definition) is 2. The van der Waals surface area contributed by atoms with E-state index in [4.69, 9.17) is 0 Å². The van der Waals surface area contributed by atoms with Crippen LogP contribution in [0.25, 0.3) is 0 Å². The molecule has 17 heavy (non-hydrogen) atoms. The minimum Gasteiger partial charge on any atom is -0.304 e. The number of benzene rings is 1. The predicted molar refractivity (Wildman–Crippen MR) is 63.0 cm³/mol. The molecule has 0 spiro atoms. The molecule has 2 N–H and O–H groups in total. The number of aryl methyl sites for hydroxylation is 1. The van der Waals surface area contributed by atoms with E-state index in [0.717, 1.165) is 23.5 Å². The molecule has 0 aliphatic carbocycles. The third-order valence-corrected chi connectivity index (χ3v) is 2.66. The van der Waals surface area contributed by atoms with E-state index in [0.29, 0.717) is 0 Å². The Morgan fingerprint density at radius 2 is 2.29 bits per heavy atom. The van der Waals surface area contributed by atoms with Crippen LogP contribution in [-0.4, -0.2) is 21.7 Å². The molecule has 0 aliphatic heterocycles. The highest BCUT2D eigenvalue weighted by atomic mass is 19.1. The van der Waals surface area contributed by atoms with Crippen molar-refractivity contribution in [1.82, 2.24) is 20.5 Å².